The van der Waals surface area contributed by atoms with E-state index in [1.807, 2.05) is 0 Å². The molecule has 1 aliphatic rings. The standard InChI is InChI=1S/C16H25NO/c1-4-14-10-11-18-16(15(17-14)12(2)3)13-8-6-5-7-9-13/h5-9,12,14-17H,4,10-11H2,1-3H3. The van der Waals surface area contributed by atoms with Crippen molar-refractivity contribution in [2.45, 2.75) is 51.8 Å². The second-order valence-electron chi connectivity index (χ2n) is 5.53. The Morgan fingerprint density at radius 3 is 2.61 bits per heavy atom. The SMILES string of the molecule is CCC1CCOC(c2ccccc2)C(C(C)C)N1. The average molecular weight is 247 g/mol. The molecule has 0 radical (unpaired) electrons. The molecule has 1 fully saturated rings. The van der Waals surface area contributed by atoms with Gasteiger partial charge < -0.3 is 10.1 Å². The maximum Gasteiger partial charge on any atom is 0.0980 e. The highest BCUT2D eigenvalue weighted by Gasteiger charge is 2.30. The fourth-order valence-corrected chi connectivity index (χ4v) is 2.69. The van der Waals surface area contributed by atoms with E-state index in [0.717, 1.165) is 13.0 Å². The van der Waals surface area contributed by atoms with Gasteiger partial charge in [0.2, 0.25) is 0 Å². The van der Waals surface area contributed by atoms with Crippen molar-refractivity contribution in [2.24, 2.45) is 5.92 Å². The van der Waals surface area contributed by atoms with Crippen LogP contribution >= 0.6 is 0 Å². The lowest BCUT2D eigenvalue weighted by Crippen LogP contribution is -2.43. The van der Waals surface area contributed by atoms with Gasteiger partial charge in [-0.1, -0.05) is 51.1 Å². The summed E-state index contributed by atoms with van der Waals surface area (Å²) in [5, 5.41) is 3.79. The highest BCUT2D eigenvalue weighted by atomic mass is 16.5. The van der Waals surface area contributed by atoms with Crippen LogP contribution in [-0.4, -0.2) is 18.7 Å². The molecule has 1 aromatic rings. The molecule has 1 aliphatic heterocycles. The Morgan fingerprint density at radius 2 is 2.00 bits per heavy atom. The summed E-state index contributed by atoms with van der Waals surface area (Å²) in [5.74, 6) is 0.572. The Hall–Kier alpha value is -0.860. The summed E-state index contributed by atoms with van der Waals surface area (Å²) in [6, 6.07) is 11.6. The summed E-state index contributed by atoms with van der Waals surface area (Å²) in [6.45, 7) is 7.65. The van der Waals surface area contributed by atoms with E-state index < -0.39 is 0 Å². The Kier molecular flexibility index (Phi) is 4.79. The topological polar surface area (TPSA) is 21.3 Å². The number of rotatable bonds is 3. The van der Waals surface area contributed by atoms with Crippen molar-refractivity contribution >= 4 is 0 Å². The van der Waals surface area contributed by atoms with Crippen LogP contribution in [0.5, 0.6) is 0 Å². The molecule has 0 saturated carbocycles. The second-order valence-corrected chi connectivity index (χ2v) is 5.53. The van der Waals surface area contributed by atoms with Crippen LogP contribution in [0.15, 0.2) is 30.3 Å². The van der Waals surface area contributed by atoms with Crippen LogP contribution in [0.25, 0.3) is 0 Å². The van der Waals surface area contributed by atoms with Crippen LogP contribution in [-0.2, 0) is 4.74 Å². The molecule has 100 valence electrons. The van der Waals surface area contributed by atoms with Crippen LogP contribution < -0.4 is 5.32 Å². The Bertz CT molecular complexity index is 349. The first-order valence-corrected chi connectivity index (χ1v) is 7.15. The molecule has 3 atom stereocenters. The lowest BCUT2D eigenvalue weighted by Gasteiger charge is -2.31. The van der Waals surface area contributed by atoms with Gasteiger partial charge in [-0.2, -0.15) is 0 Å². The van der Waals surface area contributed by atoms with Gasteiger partial charge in [-0.3, -0.25) is 0 Å². The maximum atomic E-state index is 6.13. The summed E-state index contributed by atoms with van der Waals surface area (Å²) in [7, 11) is 0. The van der Waals surface area contributed by atoms with Gasteiger partial charge in [0, 0.05) is 18.7 Å². The van der Waals surface area contributed by atoms with Crippen molar-refractivity contribution in [3.63, 3.8) is 0 Å². The molecule has 2 nitrogen and oxygen atoms in total. The van der Waals surface area contributed by atoms with Crippen molar-refractivity contribution in [2.75, 3.05) is 6.61 Å². The predicted octanol–water partition coefficient (Wildman–Crippen LogP) is 3.54. The highest BCUT2D eigenvalue weighted by molar-refractivity contribution is 5.20. The van der Waals surface area contributed by atoms with Gasteiger partial charge in [0.05, 0.1) is 6.10 Å². The van der Waals surface area contributed by atoms with Gasteiger partial charge in [-0.15, -0.1) is 0 Å². The smallest absolute Gasteiger partial charge is 0.0980 e. The highest BCUT2D eigenvalue weighted by Crippen LogP contribution is 2.29. The first-order chi connectivity index (χ1) is 8.72. The molecule has 2 rings (SSSR count). The first-order valence-electron chi connectivity index (χ1n) is 7.15. The van der Waals surface area contributed by atoms with Crippen LogP contribution in [0.1, 0.15) is 45.3 Å². The average Bonchev–Trinajstić information content (AvgIpc) is 2.62. The normalized spacial score (nSPS) is 29.2. The van der Waals surface area contributed by atoms with Gasteiger partial charge in [-0.25, -0.2) is 0 Å². The Morgan fingerprint density at radius 1 is 1.28 bits per heavy atom. The molecule has 1 saturated heterocycles. The number of benzene rings is 1. The number of hydrogen-bond acceptors (Lipinski definition) is 2. The summed E-state index contributed by atoms with van der Waals surface area (Å²) >= 11 is 0. The molecule has 0 aromatic heterocycles. The van der Waals surface area contributed by atoms with E-state index in [1.165, 1.54) is 12.0 Å². The van der Waals surface area contributed by atoms with E-state index in [4.69, 9.17) is 4.74 Å². The molecule has 1 aromatic carbocycles. The van der Waals surface area contributed by atoms with Crippen molar-refractivity contribution in [3.05, 3.63) is 35.9 Å². The van der Waals surface area contributed by atoms with Gasteiger partial charge in [-0.05, 0) is 24.3 Å². The predicted molar refractivity (Wildman–Crippen MR) is 75.6 cm³/mol. The quantitative estimate of drug-likeness (QED) is 0.882. The molecular formula is C16H25NO. The van der Waals surface area contributed by atoms with Crippen molar-refractivity contribution in [1.82, 2.24) is 5.32 Å². The lowest BCUT2D eigenvalue weighted by atomic mass is 9.92. The molecule has 1 heterocycles. The van der Waals surface area contributed by atoms with E-state index in [1.54, 1.807) is 0 Å². The van der Waals surface area contributed by atoms with E-state index >= 15 is 0 Å². The van der Waals surface area contributed by atoms with Crippen LogP contribution in [0.2, 0.25) is 0 Å². The summed E-state index contributed by atoms with van der Waals surface area (Å²) < 4.78 is 6.13. The van der Waals surface area contributed by atoms with E-state index in [0.29, 0.717) is 18.0 Å². The summed E-state index contributed by atoms with van der Waals surface area (Å²) in [5.41, 5.74) is 1.29. The fourth-order valence-electron chi connectivity index (χ4n) is 2.69. The third-order valence-corrected chi connectivity index (χ3v) is 3.86. The van der Waals surface area contributed by atoms with Gasteiger partial charge in [0.1, 0.15) is 0 Å². The monoisotopic (exact) mass is 247 g/mol. The van der Waals surface area contributed by atoms with Crippen LogP contribution in [0.4, 0.5) is 0 Å². The number of ether oxygens (including phenoxy) is 1. The number of nitrogens with one attached hydrogen (secondary N) is 1. The van der Waals surface area contributed by atoms with Gasteiger partial charge >= 0.3 is 0 Å². The maximum absolute atomic E-state index is 6.13. The minimum atomic E-state index is 0.183. The summed E-state index contributed by atoms with van der Waals surface area (Å²) in [4.78, 5) is 0. The molecule has 3 unspecified atom stereocenters. The number of hydrogen-bond donors (Lipinski definition) is 1. The molecule has 0 amide bonds. The third kappa shape index (κ3) is 3.12. The zero-order valence-corrected chi connectivity index (χ0v) is 11.7. The van der Waals surface area contributed by atoms with Gasteiger partial charge in [0.15, 0.2) is 0 Å². The van der Waals surface area contributed by atoms with Crippen LogP contribution in [0, 0.1) is 5.92 Å². The largest absolute Gasteiger partial charge is 0.372 e. The molecule has 0 bridgehead atoms. The van der Waals surface area contributed by atoms with Crippen molar-refractivity contribution in [3.8, 4) is 0 Å². The Balaban J connectivity index is 2.21. The molecule has 18 heavy (non-hydrogen) atoms. The fraction of sp³-hybridized carbons (Fsp3) is 0.625. The molecule has 0 spiro atoms. The molecule has 1 N–H and O–H groups in total. The zero-order chi connectivity index (χ0) is 13.0. The third-order valence-electron chi connectivity index (χ3n) is 3.86. The minimum Gasteiger partial charge on any atom is -0.372 e. The molecule has 0 aliphatic carbocycles. The molecule has 2 heteroatoms. The first kappa shape index (κ1) is 13.6. The second kappa shape index (κ2) is 6.35. The van der Waals surface area contributed by atoms with E-state index in [-0.39, 0.29) is 6.10 Å². The van der Waals surface area contributed by atoms with Crippen molar-refractivity contribution < 1.29 is 4.74 Å². The van der Waals surface area contributed by atoms with Gasteiger partial charge in [0.25, 0.3) is 0 Å². The minimum absolute atomic E-state index is 0.183. The van der Waals surface area contributed by atoms with Crippen LogP contribution in [0.3, 0.4) is 0 Å². The lowest BCUT2D eigenvalue weighted by molar-refractivity contribution is 0.0305. The zero-order valence-electron chi connectivity index (χ0n) is 11.7. The summed E-state index contributed by atoms with van der Waals surface area (Å²) in [6.07, 6.45) is 2.47. The van der Waals surface area contributed by atoms with E-state index in [9.17, 15) is 0 Å². The molecular weight excluding hydrogens is 222 g/mol. The Labute approximate surface area is 111 Å². The van der Waals surface area contributed by atoms with Crippen molar-refractivity contribution in [1.29, 1.82) is 0 Å². The van der Waals surface area contributed by atoms with E-state index in [2.05, 4.69) is 56.4 Å².